The molecule has 1 N–H and O–H groups in total. The average Bonchev–Trinajstić information content (AvgIpc) is 3.53. The van der Waals surface area contributed by atoms with E-state index in [-0.39, 0.29) is 24.8 Å². The third kappa shape index (κ3) is 8.20. The van der Waals surface area contributed by atoms with E-state index in [1.165, 1.54) is 22.7 Å². The van der Waals surface area contributed by atoms with Gasteiger partial charge in [0.1, 0.15) is 11.0 Å². The van der Waals surface area contributed by atoms with E-state index in [1.54, 1.807) is 6.07 Å². The minimum atomic E-state index is -2.52. The molecular formula is C28H34ClF2N7S2. The van der Waals surface area contributed by atoms with E-state index in [1.807, 2.05) is 30.7 Å². The highest BCUT2D eigenvalue weighted by Crippen LogP contribution is 2.34. The Bertz CT molecular complexity index is 1430. The molecule has 7 nitrogen and oxygen atoms in total. The monoisotopic (exact) mass is 605 g/mol. The number of alkyl halides is 2. The molecule has 0 aliphatic heterocycles. The van der Waals surface area contributed by atoms with Crippen molar-refractivity contribution >= 4 is 40.1 Å². The Hall–Kier alpha value is -2.63. The fourth-order valence-corrected chi connectivity index (χ4v) is 5.71. The van der Waals surface area contributed by atoms with Gasteiger partial charge in [0, 0.05) is 58.5 Å². The summed E-state index contributed by atoms with van der Waals surface area (Å²) in [6.45, 7) is 12.2. The van der Waals surface area contributed by atoms with Crippen LogP contribution in [-0.2, 0) is 0 Å². The zero-order chi connectivity index (χ0) is 29.0. The number of rotatable bonds is 6. The normalized spacial score (nSPS) is 15.3. The van der Waals surface area contributed by atoms with E-state index >= 15 is 0 Å². The molecular weight excluding hydrogens is 572 g/mol. The number of anilines is 1. The van der Waals surface area contributed by atoms with Crippen LogP contribution in [0.3, 0.4) is 0 Å². The molecule has 4 aromatic heterocycles. The van der Waals surface area contributed by atoms with Gasteiger partial charge in [-0.15, -0.1) is 22.7 Å². The summed E-state index contributed by atoms with van der Waals surface area (Å²) in [5.41, 5.74) is 3.80. The lowest BCUT2D eigenvalue weighted by molar-refractivity contribution is -0.0361. The highest BCUT2D eigenvalue weighted by Gasteiger charge is 2.35. The van der Waals surface area contributed by atoms with Gasteiger partial charge in [-0.1, -0.05) is 39.3 Å². The minimum Gasteiger partial charge on any atom is -0.367 e. The smallest absolute Gasteiger partial charge is 0.248 e. The summed E-state index contributed by atoms with van der Waals surface area (Å²) >= 11 is 9.03. The maximum absolute atomic E-state index is 13.3. The molecule has 1 aliphatic rings. The molecule has 0 saturated heterocycles. The van der Waals surface area contributed by atoms with E-state index < -0.39 is 5.92 Å². The summed E-state index contributed by atoms with van der Waals surface area (Å²) in [5.74, 6) is -0.00959. The number of aromatic nitrogens is 6. The molecule has 1 fully saturated rings. The van der Waals surface area contributed by atoms with Crippen molar-refractivity contribution in [1.29, 1.82) is 0 Å². The Kier molecular flexibility index (Phi) is 9.79. The van der Waals surface area contributed by atoms with Gasteiger partial charge in [-0.3, -0.25) is 0 Å². The van der Waals surface area contributed by atoms with E-state index in [2.05, 4.69) is 62.9 Å². The summed E-state index contributed by atoms with van der Waals surface area (Å²) < 4.78 is 26.6. The second kappa shape index (κ2) is 12.9. The predicted octanol–water partition coefficient (Wildman–Crippen LogP) is 8.71. The summed E-state index contributed by atoms with van der Waals surface area (Å²) in [6, 6.07) is 3.75. The number of thiazole rings is 2. The predicted molar refractivity (Wildman–Crippen MR) is 160 cm³/mol. The second-order valence-electron chi connectivity index (χ2n) is 10.6. The van der Waals surface area contributed by atoms with Crippen LogP contribution in [0.5, 0.6) is 0 Å². The fourth-order valence-electron chi connectivity index (χ4n) is 4.06. The van der Waals surface area contributed by atoms with Crippen LogP contribution in [0.25, 0.3) is 21.7 Å². The van der Waals surface area contributed by atoms with Gasteiger partial charge in [0.25, 0.3) is 0 Å². The molecule has 0 unspecified atom stereocenters. The highest BCUT2D eigenvalue weighted by atomic mass is 35.5. The third-order valence-corrected chi connectivity index (χ3v) is 8.44. The Morgan fingerprint density at radius 3 is 1.77 bits per heavy atom. The summed E-state index contributed by atoms with van der Waals surface area (Å²) in [4.78, 5) is 26.7. The van der Waals surface area contributed by atoms with Crippen molar-refractivity contribution in [2.24, 2.45) is 0 Å². The van der Waals surface area contributed by atoms with Crippen LogP contribution in [-0.4, -0.2) is 41.9 Å². The lowest BCUT2D eigenvalue weighted by Crippen LogP contribution is -2.32. The first-order valence-electron chi connectivity index (χ1n) is 13.3. The topological polar surface area (TPSA) is 89.4 Å². The molecule has 4 aromatic rings. The van der Waals surface area contributed by atoms with Crippen LogP contribution in [0.1, 0.15) is 88.0 Å². The number of hydrogen-bond donors (Lipinski definition) is 1. The molecule has 0 atom stereocenters. The van der Waals surface area contributed by atoms with Crippen molar-refractivity contribution in [1.82, 2.24) is 29.9 Å². The molecule has 1 aliphatic carbocycles. The maximum atomic E-state index is 13.3. The number of aryl methyl sites for hydroxylation is 2. The van der Waals surface area contributed by atoms with Gasteiger partial charge >= 0.3 is 0 Å². The molecule has 4 heterocycles. The van der Waals surface area contributed by atoms with Gasteiger partial charge in [-0.05, 0) is 44.6 Å². The van der Waals surface area contributed by atoms with Gasteiger partial charge in [0.15, 0.2) is 21.7 Å². The first-order chi connectivity index (χ1) is 18.9. The molecule has 0 radical (unpaired) electrons. The fraction of sp³-hybridized carbons (Fsp3) is 0.500. The molecule has 0 spiro atoms. The van der Waals surface area contributed by atoms with Crippen LogP contribution in [0.2, 0.25) is 5.15 Å². The van der Waals surface area contributed by atoms with Crippen LogP contribution in [0.15, 0.2) is 22.9 Å². The summed E-state index contributed by atoms with van der Waals surface area (Å²) in [7, 11) is 0. The van der Waals surface area contributed by atoms with Gasteiger partial charge in [0.2, 0.25) is 5.92 Å². The zero-order valence-electron chi connectivity index (χ0n) is 23.5. The van der Waals surface area contributed by atoms with Crippen molar-refractivity contribution in [2.75, 3.05) is 5.32 Å². The van der Waals surface area contributed by atoms with Gasteiger partial charge in [0.05, 0.1) is 0 Å². The van der Waals surface area contributed by atoms with Gasteiger partial charge in [-0.25, -0.2) is 38.7 Å². The number of hydrogen-bond acceptors (Lipinski definition) is 9. The molecule has 12 heteroatoms. The minimum absolute atomic E-state index is 0.0328. The Balaban J connectivity index is 0.000000201. The summed E-state index contributed by atoms with van der Waals surface area (Å²) in [6.07, 6.45) is 0.788. The van der Waals surface area contributed by atoms with Gasteiger partial charge < -0.3 is 5.32 Å². The standard InChI is InChI=1S/C17H22F2N4S.C11H12ClN3S/c1-10(2)13-8-14(21-12-4-6-17(18,19)7-5-12)23-15(22-13)16-20-11(3)9-24-16;1-6(2)8-4-9(12)15-10(14-8)11-13-7(3)5-16-11/h8-10,12H,4-7H2,1-3H3,(H,21,22,23);4-6H,1-3H3. The second-order valence-corrected chi connectivity index (χ2v) is 12.7. The summed E-state index contributed by atoms with van der Waals surface area (Å²) in [5, 5.41) is 9.35. The van der Waals surface area contributed by atoms with Crippen molar-refractivity contribution in [2.45, 2.75) is 91.0 Å². The molecule has 5 rings (SSSR count). The van der Waals surface area contributed by atoms with E-state index in [0.29, 0.717) is 41.4 Å². The lowest BCUT2D eigenvalue weighted by atomic mass is 9.92. The van der Waals surface area contributed by atoms with Crippen molar-refractivity contribution in [3.63, 3.8) is 0 Å². The Morgan fingerprint density at radius 1 is 0.800 bits per heavy atom. The molecule has 214 valence electrons. The number of nitrogens with one attached hydrogen (secondary N) is 1. The maximum Gasteiger partial charge on any atom is 0.248 e. The van der Waals surface area contributed by atoms with E-state index in [9.17, 15) is 8.78 Å². The number of nitrogens with zero attached hydrogens (tertiary/aromatic N) is 6. The largest absolute Gasteiger partial charge is 0.367 e. The van der Waals surface area contributed by atoms with Crippen LogP contribution in [0, 0.1) is 13.8 Å². The van der Waals surface area contributed by atoms with Crippen LogP contribution < -0.4 is 5.32 Å². The molecule has 40 heavy (non-hydrogen) atoms. The quantitative estimate of drug-likeness (QED) is 0.220. The zero-order valence-corrected chi connectivity index (χ0v) is 25.9. The first-order valence-corrected chi connectivity index (χ1v) is 15.4. The SMILES string of the molecule is Cc1csc(-c2nc(Cl)cc(C(C)C)n2)n1.Cc1csc(-c2nc(NC3CCC(F)(F)CC3)cc(C(C)C)n2)n1. The molecule has 0 bridgehead atoms. The average molecular weight is 606 g/mol. The van der Waals surface area contributed by atoms with E-state index in [4.69, 9.17) is 11.6 Å². The molecule has 1 saturated carbocycles. The number of halogens is 3. The first kappa shape index (κ1) is 30.3. The van der Waals surface area contributed by atoms with Crippen LogP contribution >= 0.6 is 34.3 Å². The van der Waals surface area contributed by atoms with Crippen LogP contribution in [0.4, 0.5) is 14.6 Å². The van der Waals surface area contributed by atoms with Crippen molar-refractivity contribution in [3.05, 3.63) is 50.8 Å². The highest BCUT2D eigenvalue weighted by molar-refractivity contribution is 7.13. The van der Waals surface area contributed by atoms with Gasteiger partial charge in [-0.2, -0.15) is 0 Å². The molecule has 0 amide bonds. The lowest BCUT2D eigenvalue weighted by Gasteiger charge is -2.29. The van der Waals surface area contributed by atoms with E-state index in [0.717, 1.165) is 32.8 Å². The Morgan fingerprint density at radius 2 is 1.30 bits per heavy atom. The van der Waals surface area contributed by atoms with Crippen molar-refractivity contribution in [3.8, 4) is 21.7 Å². The third-order valence-electron chi connectivity index (χ3n) is 6.33. The molecule has 0 aromatic carbocycles. The Labute approximate surface area is 246 Å². The van der Waals surface area contributed by atoms with Crippen molar-refractivity contribution < 1.29 is 8.78 Å².